The minimum Gasteiger partial charge on any atom is -0.497 e. The van der Waals surface area contributed by atoms with E-state index in [2.05, 4.69) is 5.32 Å². The van der Waals surface area contributed by atoms with Crippen molar-refractivity contribution in [3.63, 3.8) is 0 Å². The van der Waals surface area contributed by atoms with Gasteiger partial charge >= 0.3 is 0 Å². The van der Waals surface area contributed by atoms with Crippen LogP contribution in [0.1, 0.15) is 31.4 Å². The van der Waals surface area contributed by atoms with Gasteiger partial charge in [-0.2, -0.15) is 0 Å². The summed E-state index contributed by atoms with van der Waals surface area (Å²) in [7, 11) is 1.62. The van der Waals surface area contributed by atoms with Gasteiger partial charge in [0.25, 0.3) is 0 Å². The van der Waals surface area contributed by atoms with Crippen molar-refractivity contribution in [1.82, 2.24) is 10.2 Å². The van der Waals surface area contributed by atoms with Gasteiger partial charge in [-0.3, -0.25) is 9.59 Å². The van der Waals surface area contributed by atoms with E-state index < -0.39 is 6.04 Å². The maximum absolute atomic E-state index is 13.6. The van der Waals surface area contributed by atoms with Crippen molar-refractivity contribution in [2.45, 2.75) is 50.2 Å². The Hall–Kier alpha value is -3.25. The van der Waals surface area contributed by atoms with E-state index in [1.807, 2.05) is 98.8 Å². The summed E-state index contributed by atoms with van der Waals surface area (Å²) in [4.78, 5) is 29.8. The normalized spacial score (nSPS) is 11.7. The number of benzene rings is 3. The van der Waals surface area contributed by atoms with Crippen molar-refractivity contribution in [3.8, 4) is 5.75 Å². The molecule has 1 atom stereocenters. The topological polar surface area (TPSA) is 58.6 Å². The van der Waals surface area contributed by atoms with Crippen LogP contribution in [0, 0.1) is 0 Å². The smallest absolute Gasteiger partial charge is 0.243 e. The summed E-state index contributed by atoms with van der Waals surface area (Å²) in [6.07, 6.45) is 0.782. The largest absolute Gasteiger partial charge is 0.497 e. The predicted octanol–water partition coefficient (Wildman–Crippen LogP) is 5.34. The Bertz CT molecular complexity index is 1070. The molecule has 0 aliphatic rings. The quantitative estimate of drug-likeness (QED) is 0.348. The minimum absolute atomic E-state index is 0.0248. The van der Waals surface area contributed by atoms with Crippen LogP contribution in [-0.2, 0) is 22.6 Å². The van der Waals surface area contributed by atoms with Crippen LogP contribution in [0.5, 0.6) is 5.75 Å². The van der Waals surface area contributed by atoms with E-state index in [1.165, 1.54) is 0 Å². The van der Waals surface area contributed by atoms with Crippen LogP contribution in [0.4, 0.5) is 0 Å². The number of carbonyl (C=O) groups excluding carboxylic acids is 2. The highest BCUT2D eigenvalue weighted by Gasteiger charge is 2.30. The summed E-state index contributed by atoms with van der Waals surface area (Å²) in [6, 6.07) is 26.9. The molecule has 0 radical (unpaired) electrons. The Balaban J connectivity index is 1.86. The van der Waals surface area contributed by atoms with Crippen molar-refractivity contribution in [2.24, 2.45) is 0 Å². The van der Waals surface area contributed by atoms with Gasteiger partial charge in [-0.25, -0.2) is 0 Å². The molecule has 0 saturated carbocycles. The van der Waals surface area contributed by atoms with E-state index in [1.54, 1.807) is 23.8 Å². The van der Waals surface area contributed by atoms with Crippen molar-refractivity contribution in [2.75, 3.05) is 12.9 Å². The Labute approximate surface area is 212 Å². The number of nitrogens with zero attached hydrogens (tertiary/aromatic N) is 1. The molecule has 0 aliphatic heterocycles. The molecular formula is C29H34N2O3S. The number of nitrogens with one attached hydrogen (secondary N) is 1. The van der Waals surface area contributed by atoms with Gasteiger partial charge in [0, 0.05) is 36.1 Å². The first-order valence-electron chi connectivity index (χ1n) is 11.9. The maximum atomic E-state index is 13.6. The Kier molecular flexibility index (Phi) is 10.2. The molecule has 2 amide bonds. The molecule has 35 heavy (non-hydrogen) atoms. The third kappa shape index (κ3) is 8.48. The van der Waals surface area contributed by atoms with Crippen LogP contribution < -0.4 is 10.1 Å². The molecule has 0 bridgehead atoms. The predicted molar refractivity (Wildman–Crippen MR) is 143 cm³/mol. The monoisotopic (exact) mass is 490 g/mol. The molecule has 0 aromatic heterocycles. The van der Waals surface area contributed by atoms with Crippen LogP contribution in [0.2, 0.25) is 0 Å². The first kappa shape index (κ1) is 26.4. The van der Waals surface area contributed by atoms with Crippen LogP contribution in [-0.4, -0.2) is 41.7 Å². The fourth-order valence-corrected chi connectivity index (χ4v) is 4.68. The average Bonchev–Trinajstić information content (AvgIpc) is 2.87. The number of hydrogen-bond acceptors (Lipinski definition) is 4. The lowest BCUT2D eigenvalue weighted by molar-refractivity contribution is -0.141. The number of amides is 2. The first-order valence-corrected chi connectivity index (χ1v) is 12.9. The number of thioether (sulfide) groups is 1. The van der Waals surface area contributed by atoms with Crippen molar-refractivity contribution >= 4 is 23.6 Å². The van der Waals surface area contributed by atoms with Gasteiger partial charge in [-0.1, -0.05) is 60.7 Å². The lowest BCUT2D eigenvalue weighted by Gasteiger charge is -2.32. The third-order valence-electron chi connectivity index (χ3n) is 5.52. The third-order valence-corrected chi connectivity index (χ3v) is 6.53. The maximum Gasteiger partial charge on any atom is 0.243 e. The summed E-state index contributed by atoms with van der Waals surface area (Å²) < 4.78 is 5.38. The molecule has 5 nitrogen and oxygen atoms in total. The second-order valence-corrected chi connectivity index (χ2v) is 9.82. The minimum atomic E-state index is -0.625. The molecule has 3 aromatic rings. The van der Waals surface area contributed by atoms with E-state index in [0.717, 1.165) is 21.8 Å². The van der Waals surface area contributed by atoms with E-state index in [9.17, 15) is 9.59 Å². The van der Waals surface area contributed by atoms with E-state index in [4.69, 9.17) is 4.74 Å². The second kappa shape index (κ2) is 13.6. The van der Waals surface area contributed by atoms with Gasteiger partial charge in [0.15, 0.2) is 0 Å². The average molecular weight is 491 g/mol. The molecule has 6 heteroatoms. The first-order chi connectivity index (χ1) is 17.0. The number of rotatable bonds is 12. The molecule has 0 spiro atoms. The highest BCUT2D eigenvalue weighted by molar-refractivity contribution is 7.99. The number of carbonyl (C=O) groups is 2. The zero-order chi connectivity index (χ0) is 25.0. The van der Waals surface area contributed by atoms with Gasteiger partial charge in [0.2, 0.25) is 11.8 Å². The summed E-state index contributed by atoms with van der Waals surface area (Å²) in [6.45, 7) is 4.19. The molecule has 0 aliphatic carbocycles. The Morgan fingerprint density at radius 2 is 1.57 bits per heavy atom. The molecule has 0 fully saturated rings. The molecule has 1 N–H and O–H groups in total. The number of methoxy groups -OCH3 is 1. The molecule has 184 valence electrons. The molecule has 3 aromatic carbocycles. The Morgan fingerprint density at radius 3 is 2.23 bits per heavy atom. The fourth-order valence-electron chi connectivity index (χ4n) is 3.82. The van der Waals surface area contributed by atoms with Crippen LogP contribution in [0.25, 0.3) is 0 Å². The van der Waals surface area contributed by atoms with E-state index >= 15 is 0 Å². The lowest BCUT2D eigenvalue weighted by Crippen LogP contribution is -2.51. The van der Waals surface area contributed by atoms with Crippen molar-refractivity contribution < 1.29 is 14.3 Å². The SMILES string of the molecule is COc1cccc(CN(C(=O)CCSc2ccccc2)C(Cc2ccccc2)C(=O)NC(C)C)c1. The van der Waals surface area contributed by atoms with Gasteiger partial charge in [0.1, 0.15) is 11.8 Å². The molecular weight excluding hydrogens is 456 g/mol. The molecule has 1 unspecified atom stereocenters. The van der Waals surface area contributed by atoms with Gasteiger partial charge in [-0.05, 0) is 49.2 Å². The van der Waals surface area contributed by atoms with Crippen LogP contribution in [0.15, 0.2) is 89.8 Å². The van der Waals surface area contributed by atoms with E-state index in [-0.39, 0.29) is 17.9 Å². The van der Waals surface area contributed by atoms with Gasteiger partial charge in [-0.15, -0.1) is 11.8 Å². The summed E-state index contributed by atoms with van der Waals surface area (Å²) in [5.74, 6) is 1.18. The van der Waals surface area contributed by atoms with Crippen molar-refractivity contribution in [1.29, 1.82) is 0 Å². The van der Waals surface area contributed by atoms with Crippen molar-refractivity contribution in [3.05, 3.63) is 96.1 Å². The summed E-state index contributed by atoms with van der Waals surface area (Å²) >= 11 is 1.65. The number of ether oxygens (including phenoxy) is 1. The van der Waals surface area contributed by atoms with Crippen LogP contribution in [0.3, 0.4) is 0 Å². The molecule has 0 saturated heterocycles. The number of hydrogen-bond donors (Lipinski definition) is 1. The Morgan fingerprint density at radius 1 is 0.914 bits per heavy atom. The lowest BCUT2D eigenvalue weighted by atomic mass is 10.0. The second-order valence-electron chi connectivity index (χ2n) is 8.65. The highest BCUT2D eigenvalue weighted by Crippen LogP contribution is 2.22. The summed E-state index contributed by atoms with van der Waals surface area (Å²) in [5.41, 5.74) is 1.93. The molecule has 0 heterocycles. The molecule has 3 rings (SSSR count). The fraction of sp³-hybridized carbons (Fsp3) is 0.310. The van der Waals surface area contributed by atoms with Gasteiger partial charge in [0.05, 0.1) is 7.11 Å². The zero-order valence-corrected chi connectivity index (χ0v) is 21.5. The van der Waals surface area contributed by atoms with Gasteiger partial charge < -0.3 is 15.0 Å². The summed E-state index contributed by atoms with van der Waals surface area (Å²) in [5, 5.41) is 3.03. The highest BCUT2D eigenvalue weighted by atomic mass is 32.2. The standard InChI is InChI=1S/C29H34N2O3S/c1-22(2)30-29(33)27(20-23-11-6-4-7-12-23)31(21-24-13-10-14-25(19-24)34-3)28(32)17-18-35-26-15-8-5-9-16-26/h4-16,19,22,27H,17-18,20-21H2,1-3H3,(H,30,33). The van der Waals surface area contributed by atoms with E-state index in [0.29, 0.717) is 25.1 Å². The zero-order valence-electron chi connectivity index (χ0n) is 20.6. The van der Waals surface area contributed by atoms with Crippen LogP contribution >= 0.6 is 11.8 Å².